The maximum absolute atomic E-state index is 12.7. The number of ether oxygens (including phenoxy) is 1. The average molecular weight is 366 g/mol. The smallest absolute Gasteiger partial charge is 0.248 e. The number of amides is 1. The minimum absolute atomic E-state index is 0.0501. The highest BCUT2D eigenvalue weighted by Crippen LogP contribution is 2.33. The highest BCUT2D eigenvalue weighted by atomic mass is 32.2. The zero-order chi connectivity index (χ0) is 17.9. The SMILES string of the molecule is COCC(=O)N1CCC(C2CCN(S(=O)(=O)c3ccccc3)CC2)C1. The molecule has 138 valence electrons. The maximum Gasteiger partial charge on any atom is 0.248 e. The molecule has 7 heteroatoms. The van der Waals surface area contributed by atoms with E-state index in [-0.39, 0.29) is 12.5 Å². The van der Waals surface area contributed by atoms with Crippen LogP contribution < -0.4 is 0 Å². The first-order valence-corrected chi connectivity index (χ1v) is 10.3. The predicted molar refractivity (Wildman–Crippen MR) is 94.5 cm³/mol. The molecule has 0 aromatic heterocycles. The van der Waals surface area contributed by atoms with Crippen LogP contribution in [-0.4, -0.2) is 63.4 Å². The number of carbonyl (C=O) groups excluding carboxylic acids is 1. The number of likely N-dealkylation sites (tertiary alicyclic amines) is 1. The van der Waals surface area contributed by atoms with Gasteiger partial charge in [-0.25, -0.2) is 8.42 Å². The van der Waals surface area contributed by atoms with Gasteiger partial charge in [0.1, 0.15) is 6.61 Å². The van der Waals surface area contributed by atoms with Gasteiger partial charge in [-0.1, -0.05) is 18.2 Å². The summed E-state index contributed by atoms with van der Waals surface area (Å²) in [7, 11) is -1.85. The fourth-order valence-electron chi connectivity index (χ4n) is 3.94. The topological polar surface area (TPSA) is 66.9 Å². The number of rotatable bonds is 5. The average Bonchev–Trinajstić information content (AvgIpc) is 3.13. The summed E-state index contributed by atoms with van der Waals surface area (Å²) < 4.78 is 31.9. The third kappa shape index (κ3) is 4.04. The molecule has 1 aromatic carbocycles. The van der Waals surface area contributed by atoms with Crippen molar-refractivity contribution in [2.45, 2.75) is 24.2 Å². The molecule has 0 aliphatic carbocycles. The summed E-state index contributed by atoms with van der Waals surface area (Å²) in [4.78, 5) is 14.2. The van der Waals surface area contributed by atoms with E-state index in [0.717, 1.165) is 32.4 Å². The van der Waals surface area contributed by atoms with Crippen molar-refractivity contribution in [1.82, 2.24) is 9.21 Å². The first-order valence-electron chi connectivity index (χ1n) is 8.84. The lowest BCUT2D eigenvalue weighted by molar-refractivity contribution is -0.134. The molecule has 1 aromatic rings. The molecule has 2 heterocycles. The zero-order valence-corrected chi connectivity index (χ0v) is 15.5. The van der Waals surface area contributed by atoms with E-state index < -0.39 is 10.0 Å². The van der Waals surface area contributed by atoms with Gasteiger partial charge in [0.05, 0.1) is 4.90 Å². The van der Waals surface area contributed by atoms with Crippen LogP contribution in [0.2, 0.25) is 0 Å². The van der Waals surface area contributed by atoms with Crippen LogP contribution in [0.4, 0.5) is 0 Å². The molecule has 2 aliphatic heterocycles. The summed E-state index contributed by atoms with van der Waals surface area (Å²) in [5, 5.41) is 0. The fourth-order valence-corrected chi connectivity index (χ4v) is 5.43. The third-order valence-corrected chi connectivity index (χ3v) is 7.30. The second-order valence-corrected chi connectivity index (χ2v) is 8.81. The van der Waals surface area contributed by atoms with E-state index in [0.29, 0.717) is 29.8 Å². The van der Waals surface area contributed by atoms with Crippen molar-refractivity contribution in [3.05, 3.63) is 30.3 Å². The monoisotopic (exact) mass is 366 g/mol. The van der Waals surface area contributed by atoms with E-state index >= 15 is 0 Å². The Kier molecular flexibility index (Phi) is 5.76. The first kappa shape index (κ1) is 18.4. The molecule has 25 heavy (non-hydrogen) atoms. The predicted octanol–water partition coefficient (Wildman–Crippen LogP) is 1.58. The lowest BCUT2D eigenvalue weighted by Crippen LogP contribution is -2.40. The number of sulfonamides is 1. The molecular formula is C18H26N2O4S. The van der Waals surface area contributed by atoms with Crippen molar-refractivity contribution in [1.29, 1.82) is 0 Å². The largest absolute Gasteiger partial charge is 0.375 e. The summed E-state index contributed by atoms with van der Waals surface area (Å²) in [6.07, 6.45) is 2.73. The Morgan fingerprint density at radius 1 is 1.08 bits per heavy atom. The normalized spacial score (nSPS) is 23.1. The second-order valence-electron chi connectivity index (χ2n) is 6.88. The fraction of sp³-hybridized carbons (Fsp3) is 0.611. The lowest BCUT2D eigenvalue weighted by Gasteiger charge is -2.34. The highest BCUT2D eigenvalue weighted by molar-refractivity contribution is 7.89. The van der Waals surface area contributed by atoms with E-state index in [1.54, 1.807) is 28.6 Å². The Morgan fingerprint density at radius 3 is 2.36 bits per heavy atom. The van der Waals surface area contributed by atoms with Gasteiger partial charge in [-0.3, -0.25) is 4.79 Å². The first-order chi connectivity index (χ1) is 12.0. The Balaban J connectivity index is 1.55. The van der Waals surface area contributed by atoms with E-state index in [1.165, 1.54) is 7.11 Å². The molecule has 0 N–H and O–H groups in total. The van der Waals surface area contributed by atoms with Crippen LogP contribution in [0.3, 0.4) is 0 Å². The van der Waals surface area contributed by atoms with Crippen molar-refractivity contribution >= 4 is 15.9 Å². The van der Waals surface area contributed by atoms with Gasteiger partial charge in [0.15, 0.2) is 0 Å². The van der Waals surface area contributed by atoms with E-state index in [9.17, 15) is 13.2 Å². The zero-order valence-electron chi connectivity index (χ0n) is 14.6. The quantitative estimate of drug-likeness (QED) is 0.794. The van der Waals surface area contributed by atoms with Gasteiger partial charge in [0.2, 0.25) is 15.9 Å². The molecule has 0 bridgehead atoms. The molecule has 1 unspecified atom stereocenters. The van der Waals surface area contributed by atoms with Gasteiger partial charge in [0.25, 0.3) is 0 Å². The minimum Gasteiger partial charge on any atom is -0.375 e. The molecule has 0 spiro atoms. The number of benzene rings is 1. The van der Waals surface area contributed by atoms with Gasteiger partial charge in [-0.05, 0) is 43.2 Å². The number of carbonyl (C=O) groups is 1. The standard InChI is InChI=1S/C18H26N2O4S/c1-24-14-18(21)19-10-7-16(13-19)15-8-11-20(12-9-15)25(22,23)17-5-3-2-4-6-17/h2-6,15-16H,7-14H2,1H3. The van der Waals surface area contributed by atoms with Crippen molar-refractivity contribution in [3.63, 3.8) is 0 Å². The van der Waals surface area contributed by atoms with Crippen LogP contribution in [0.5, 0.6) is 0 Å². The molecule has 2 aliphatic rings. The number of hydrogen-bond acceptors (Lipinski definition) is 4. The maximum atomic E-state index is 12.7. The van der Waals surface area contributed by atoms with Crippen LogP contribution in [0.25, 0.3) is 0 Å². The van der Waals surface area contributed by atoms with Gasteiger partial charge < -0.3 is 9.64 Å². The molecule has 0 saturated carbocycles. The Morgan fingerprint density at radius 2 is 1.72 bits per heavy atom. The summed E-state index contributed by atoms with van der Waals surface area (Å²) in [6, 6.07) is 8.63. The van der Waals surface area contributed by atoms with Gasteiger partial charge in [-0.2, -0.15) is 4.31 Å². The third-order valence-electron chi connectivity index (χ3n) is 5.39. The van der Waals surface area contributed by atoms with Crippen LogP contribution in [0, 0.1) is 11.8 Å². The molecule has 2 saturated heterocycles. The second kappa shape index (κ2) is 7.85. The number of piperidine rings is 1. The van der Waals surface area contributed by atoms with E-state index in [1.807, 2.05) is 11.0 Å². The highest BCUT2D eigenvalue weighted by Gasteiger charge is 2.36. The van der Waals surface area contributed by atoms with Gasteiger partial charge in [0, 0.05) is 33.3 Å². The van der Waals surface area contributed by atoms with Crippen molar-refractivity contribution in [2.75, 3.05) is 39.9 Å². The lowest BCUT2D eigenvalue weighted by atomic mass is 9.84. The van der Waals surface area contributed by atoms with Crippen LogP contribution in [0.1, 0.15) is 19.3 Å². The molecule has 2 fully saturated rings. The van der Waals surface area contributed by atoms with Crippen LogP contribution in [0.15, 0.2) is 35.2 Å². The van der Waals surface area contributed by atoms with Crippen molar-refractivity contribution < 1.29 is 17.9 Å². The molecular weight excluding hydrogens is 340 g/mol. The molecule has 1 atom stereocenters. The summed E-state index contributed by atoms with van der Waals surface area (Å²) in [5.74, 6) is 1.01. The molecule has 6 nitrogen and oxygen atoms in total. The number of hydrogen-bond donors (Lipinski definition) is 0. The molecule has 1 amide bonds. The molecule has 3 rings (SSSR count). The molecule has 0 radical (unpaired) electrons. The summed E-state index contributed by atoms with van der Waals surface area (Å²) in [5.41, 5.74) is 0. The van der Waals surface area contributed by atoms with Crippen LogP contribution in [-0.2, 0) is 19.6 Å². The summed E-state index contributed by atoms with van der Waals surface area (Å²) >= 11 is 0. The van der Waals surface area contributed by atoms with Gasteiger partial charge in [-0.15, -0.1) is 0 Å². The number of nitrogens with zero attached hydrogens (tertiary/aromatic N) is 2. The van der Waals surface area contributed by atoms with Crippen LogP contribution >= 0.6 is 0 Å². The van der Waals surface area contributed by atoms with E-state index in [4.69, 9.17) is 4.74 Å². The van der Waals surface area contributed by atoms with Crippen molar-refractivity contribution in [2.24, 2.45) is 11.8 Å². The number of methoxy groups -OCH3 is 1. The minimum atomic E-state index is -3.39. The Hall–Kier alpha value is -1.44. The Bertz CT molecular complexity index is 684. The van der Waals surface area contributed by atoms with Gasteiger partial charge >= 0.3 is 0 Å². The Labute approximate surface area is 149 Å². The summed E-state index contributed by atoms with van der Waals surface area (Å²) in [6.45, 7) is 2.82. The van der Waals surface area contributed by atoms with E-state index in [2.05, 4.69) is 0 Å². The van der Waals surface area contributed by atoms with Crippen molar-refractivity contribution in [3.8, 4) is 0 Å².